The minimum absolute atomic E-state index is 0.330. The van der Waals surface area contributed by atoms with Crippen molar-refractivity contribution < 1.29 is 4.74 Å². The van der Waals surface area contributed by atoms with Gasteiger partial charge in [0.25, 0.3) is 0 Å². The average molecular weight is 256 g/mol. The lowest BCUT2D eigenvalue weighted by Gasteiger charge is -2.56. The Morgan fingerprint density at radius 1 is 0.895 bits per heavy atom. The summed E-state index contributed by atoms with van der Waals surface area (Å²) in [6, 6.07) is 10.9. The fourth-order valence-corrected chi connectivity index (χ4v) is 5.62. The maximum absolute atomic E-state index is 5.96. The molecule has 1 aromatic carbocycles. The molecule has 4 aliphatic rings. The van der Waals surface area contributed by atoms with Gasteiger partial charge in [0, 0.05) is 7.11 Å². The number of hydrogen-bond donors (Lipinski definition) is 0. The summed E-state index contributed by atoms with van der Waals surface area (Å²) >= 11 is 0. The largest absolute Gasteiger partial charge is 0.376 e. The van der Waals surface area contributed by atoms with Crippen LogP contribution < -0.4 is 0 Å². The molecule has 1 heteroatoms. The predicted molar refractivity (Wildman–Crippen MR) is 76.7 cm³/mol. The first-order valence-electron chi connectivity index (χ1n) is 7.93. The van der Waals surface area contributed by atoms with Gasteiger partial charge in [0.05, 0.1) is 6.10 Å². The minimum Gasteiger partial charge on any atom is -0.376 e. The van der Waals surface area contributed by atoms with Gasteiger partial charge in [-0.2, -0.15) is 0 Å². The van der Waals surface area contributed by atoms with Crippen LogP contribution in [0.4, 0.5) is 0 Å². The summed E-state index contributed by atoms with van der Waals surface area (Å²) in [5.74, 6) is 4.74. The van der Waals surface area contributed by atoms with Gasteiger partial charge >= 0.3 is 0 Å². The van der Waals surface area contributed by atoms with Gasteiger partial charge in [-0.3, -0.25) is 0 Å². The highest BCUT2D eigenvalue weighted by molar-refractivity contribution is 5.20. The molecular formula is C18H24O. The predicted octanol–water partition coefficient (Wildman–Crippen LogP) is 4.45. The topological polar surface area (TPSA) is 9.23 Å². The van der Waals surface area contributed by atoms with Crippen LogP contribution in [0.5, 0.6) is 0 Å². The van der Waals surface area contributed by atoms with Crippen molar-refractivity contribution in [1.82, 2.24) is 0 Å². The van der Waals surface area contributed by atoms with Gasteiger partial charge in [-0.25, -0.2) is 0 Å². The van der Waals surface area contributed by atoms with Crippen molar-refractivity contribution in [3.8, 4) is 0 Å². The molecule has 4 aliphatic carbocycles. The summed E-state index contributed by atoms with van der Waals surface area (Å²) in [7, 11) is 1.91. The molecule has 0 aromatic heterocycles. The molecule has 1 unspecified atom stereocenters. The third kappa shape index (κ3) is 1.94. The molecule has 0 aliphatic heterocycles. The van der Waals surface area contributed by atoms with Gasteiger partial charge in [-0.1, -0.05) is 30.3 Å². The Hall–Kier alpha value is -0.820. The lowest BCUT2D eigenvalue weighted by Crippen LogP contribution is -2.47. The van der Waals surface area contributed by atoms with Crippen molar-refractivity contribution in [2.24, 2.45) is 29.6 Å². The Labute approximate surface area is 116 Å². The average Bonchev–Trinajstić information content (AvgIpc) is 2.43. The van der Waals surface area contributed by atoms with Crippen LogP contribution in [-0.4, -0.2) is 7.11 Å². The first kappa shape index (κ1) is 12.0. The van der Waals surface area contributed by atoms with Gasteiger partial charge in [-0.05, 0) is 67.3 Å². The second kappa shape index (κ2) is 4.63. The summed E-state index contributed by atoms with van der Waals surface area (Å²) in [6.45, 7) is 0. The molecule has 1 atom stereocenters. The van der Waals surface area contributed by atoms with Crippen LogP contribution in [0.1, 0.15) is 43.8 Å². The van der Waals surface area contributed by atoms with E-state index in [1.54, 1.807) is 0 Å². The summed E-state index contributed by atoms with van der Waals surface area (Å²) in [6.07, 6.45) is 7.77. The number of ether oxygens (including phenoxy) is 1. The van der Waals surface area contributed by atoms with Gasteiger partial charge in [0.15, 0.2) is 0 Å². The fraction of sp³-hybridized carbons (Fsp3) is 0.667. The van der Waals surface area contributed by atoms with Crippen LogP contribution in [0.2, 0.25) is 0 Å². The van der Waals surface area contributed by atoms with E-state index in [0.717, 1.165) is 29.6 Å². The van der Waals surface area contributed by atoms with Crippen molar-refractivity contribution in [2.75, 3.05) is 7.11 Å². The molecule has 102 valence electrons. The Morgan fingerprint density at radius 3 is 2.00 bits per heavy atom. The Bertz CT molecular complexity index is 410. The van der Waals surface area contributed by atoms with E-state index in [9.17, 15) is 0 Å². The van der Waals surface area contributed by atoms with E-state index in [4.69, 9.17) is 4.74 Å². The molecule has 0 amide bonds. The van der Waals surface area contributed by atoms with Crippen LogP contribution in [0.15, 0.2) is 30.3 Å². The summed E-state index contributed by atoms with van der Waals surface area (Å²) < 4.78 is 5.96. The number of rotatable bonds is 3. The molecule has 4 fully saturated rings. The second-order valence-electron chi connectivity index (χ2n) is 7.08. The van der Waals surface area contributed by atoms with Gasteiger partial charge in [-0.15, -0.1) is 0 Å². The number of hydrogen-bond acceptors (Lipinski definition) is 1. The summed E-state index contributed by atoms with van der Waals surface area (Å²) in [5, 5.41) is 0. The lowest BCUT2D eigenvalue weighted by molar-refractivity contribution is -0.103. The summed E-state index contributed by atoms with van der Waals surface area (Å²) in [4.78, 5) is 0. The third-order valence-electron chi connectivity index (χ3n) is 6.03. The highest BCUT2D eigenvalue weighted by Gasteiger charge is 2.50. The molecule has 0 radical (unpaired) electrons. The minimum atomic E-state index is 0.330. The van der Waals surface area contributed by atoms with Crippen molar-refractivity contribution in [3.05, 3.63) is 35.9 Å². The molecule has 4 saturated carbocycles. The number of methoxy groups -OCH3 is 1. The molecule has 0 saturated heterocycles. The van der Waals surface area contributed by atoms with Crippen LogP contribution in [0, 0.1) is 29.6 Å². The number of benzene rings is 1. The second-order valence-corrected chi connectivity index (χ2v) is 7.08. The van der Waals surface area contributed by atoms with Crippen molar-refractivity contribution in [3.63, 3.8) is 0 Å². The first-order chi connectivity index (χ1) is 9.35. The van der Waals surface area contributed by atoms with E-state index in [1.807, 2.05) is 7.11 Å². The van der Waals surface area contributed by atoms with E-state index < -0.39 is 0 Å². The van der Waals surface area contributed by atoms with Gasteiger partial charge in [0.2, 0.25) is 0 Å². The molecule has 0 heterocycles. The molecule has 5 rings (SSSR count). The molecule has 19 heavy (non-hydrogen) atoms. The zero-order valence-electron chi connectivity index (χ0n) is 11.8. The fourth-order valence-electron chi connectivity index (χ4n) is 5.62. The summed E-state index contributed by atoms with van der Waals surface area (Å²) in [5.41, 5.74) is 1.39. The van der Waals surface area contributed by atoms with Gasteiger partial charge < -0.3 is 4.74 Å². The lowest BCUT2D eigenvalue weighted by atomic mass is 9.50. The molecule has 4 bridgehead atoms. The van der Waals surface area contributed by atoms with E-state index >= 15 is 0 Å². The Kier molecular flexibility index (Phi) is 2.91. The smallest absolute Gasteiger partial charge is 0.0854 e. The molecular weight excluding hydrogens is 232 g/mol. The van der Waals surface area contributed by atoms with E-state index in [2.05, 4.69) is 30.3 Å². The zero-order chi connectivity index (χ0) is 12.8. The third-order valence-corrected chi connectivity index (χ3v) is 6.03. The molecule has 1 aromatic rings. The quantitative estimate of drug-likeness (QED) is 0.776. The van der Waals surface area contributed by atoms with Crippen molar-refractivity contribution in [1.29, 1.82) is 0 Å². The van der Waals surface area contributed by atoms with Crippen LogP contribution >= 0.6 is 0 Å². The van der Waals surface area contributed by atoms with Crippen LogP contribution in [-0.2, 0) is 4.74 Å². The maximum atomic E-state index is 5.96. The highest BCUT2D eigenvalue weighted by Crippen LogP contribution is 2.59. The standard InChI is InChI=1S/C18H24O/c1-19-18(14-5-3-2-4-6-14)17-15-8-12-7-13(10-15)11-16(17)9-12/h2-6,12-13,15-18H,7-11H2,1H3. The van der Waals surface area contributed by atoms with E-state index in [-0.39, 0.29) is 0 Å². The maximum Gasteiger partial charge on any atom is 0.0854 e. The van der Waals surface area contributed by atoms with Crippen molar-refractivity contribution in [2.45, 2.75) is 38.2 Å². The Balaban J connectivity index is 1.64. The highest BCUT2D eigenvalue weighted by atomic mass is 16.5. The van der Waals surface area contributed by atoms with Crippen LogP contribution in [0.3, 0.4) is 0 Å². The molecule has 0 spiro atoms. The Morgan fingerprint density at radius 2 is 1.47 bits per heavy atom. The zero-order valence-corrected chi connectivity index (χ0v) is 11.8. The normalized spacial score (nSPS) is 41.4. The molecule has 1 nitrogen and oxygen atoms in total. The van der Waals surface area contributed by atoms with E-state index in [1.165, 1.54) is 37.7 Å². The molecule has 0 N–H and O–H groups in total. The van der Waals surface area contributed by atoms with Gasteiger partial charge in [0.1, 0.15) is 0 Å². The van der Waals surface area contributed by atoms with Crippen molar-refractivity contribution >= 4 is 0 Å². The first-order valence-corrected chi connectivity index (χ1v) is 7.93. The van der Waals surface area contributed by atoms with E-state index in [0.29, 0.717) is 6.10 Å². The SMILES string of the molecule is COC(c1ccccc1)C1C2CC3CC(C2)CC1C3. The monoisotopic (exact) mass is 256 g/mol. The van der Waals surface area contributed by atoms with Crippen LogP contribution in [0.25, 0.3) is 0 Å².